The van der Waals surface area contributed by atoms with Gasteiger partial charge in [0.15, 0.2) is 0 Å². The van der Waals surface area contributed by atoms with Gasteiger partial charge in [-0.1, -0.05) is 0 Å². The Labute approximate surface area is 110 Å². The van der Waals surface area contributed by atoms with Gasteiger partial charge >= 0.3 is 0 Å². The lowest BCUT2D eigenvalue weighted by molar-refractivity contribution is -0.132. The lowest BCUT2D eigenvalue weighted by Gasteiger charge is -2.33. The molecule has 4 heteroatoms. The maximum atomic E-state index is 11.7. The molecule has 0 radical (unpaired) electrons. The number of hydrogen-bond donors (Lipinski definition) is 1. The van der Waals surface area contributed by atoms with Crippen molar-refractivity contribution in [1.29, 1.82) is 0 Å². The summed E-state index contributed by atoms with van der Waals surface area (Å²) in [6.07, 6.45) is 5.72. The average Bonchev–Trinajstić information content (AvgIpc) is 2.83. The normalized spacial score (nSPS) is 23.2. The van der Waals surface area contributed by atoms with E-state index in [4.69, 9.17) is 0 Å². The van der Waals surface area contributed by atoms with E-state index in [1.165, 1.54) is 45.3 Å². The van der Waals surface area contributed by atoms with Crippen LogP contribution in [0.15, 0.2) is 0 Å². The molecule has 2 heterocycles. The molecular weight excluding hydrogens is 232 g/mol. The molecular formula is C13H24N2OS. The molecule has 2 rings (SSSR count). The Morgan fingerprint density at radius 2 is 1.76 bits per heavy atom. The minimum absolute atomic E-state index is 0.291. The summed E-state index contributed by atoms with van der Waals surface area (Å²) in [5.41, 5.74) is 0. The number of carbonyl (C=O) groups is 1. The predicted molar refractivity (Wildman–Crippen MR) is 73.4 cm³/mol. The largest absolute Gasteiger partial charge is 0.343 e. The Morgan fingerprint density at radius 3 is 2.35 bits per heavy atom. The number of carbonyl (C=O) groups excluding carboxylic acids is 1. The van der Waals surface area contributed by atoms with Crippen LogP contribution in [0.4, 0.5) is 0 Å². The number of piperidine rings is 1. The second-order valence-corrected chi connectivity index (χ2v) is 5.75. The van der Waals surface area contributed by atoms with Gasteiger partial charge in [-0.3, -0.25) is 4.79 Å². The zero-order chi connectivity index (χ0) is 12.1. The molecule has 0 aromatic rings. The van der Waals surface area contributed by atoms with Gasteiger partial charge in [-0.15, -0.1) is 0 Å². The molecule has 1 amide bonds. The molecule has 0 saturated carbocycles. The van der Waals surface area contributed by atoms with E-state index in [2.05, 4.69) is 17.5 Å². The Morgan fingerprint density at radius 1 is 1.12 bits per heavy atom. The molecule has 2 aliphatic heterocycles. The molecule has 0 bridgehead atoms. The molecule has 0 aromatic heterocycles. The summed E-state index contributed by atoms with van der Waals surface area (Å²) in [6.45, 7) is 5.77. The summed E-state index contributed by atoms with van der Waals surface area (Å²) >= 11 is 4.12. The molecule has 0 aromatic carbocycles. The van der Waals surface area contributed by atoms with Crippen LogP contribution in [0.3, 0.4) is 0 Å². The molecule has 0 atom stereocenters. The molecule has 2 fully saturated rings. The van der Waals surface area contributed by atoms with E-state index in [0.29, 0.717) is 18.1 Å². The van der Waals surface area contributed by atoms with Crippen LogP contribution in [0.1, 0.15) is 32.1 Å². The molecule has 0 spiro atoms. The van der Waals surface area contributed by atoms with Crippen LogP contribution in [0, 0.1) is 5.92 Å². The number of likely N-dealkylation sites (tertiary alicyclic amines) is 2. The molecule has 98 valence electrons. The van der Waals surface area contributed by atoms with E-state index >= 15 is 0 Å². The molecule has 17 heavy (non-hydrogen) atoms. The first kappa shape index (κ1) is 13.2. The molecule has 0 aliphatic carbocycles. The quantitative estimate of drug-likeness (QED) is 0.773. The fourth-order valence-electron chi connectivity index (χ4n) is 2.95. The SMILES string of the molecule is O=C(CCS)N1CCC(CN2CCCC2)CC1. The van der Waals surface area contributed by atoms with Gasteiger partial charge in [0, 0.05) is 26.1 Å². The van der Waals surface area contributed by atoms with E-state index in [0.717, 1.165) is 19.0 Å². The van der Waals surface area contributed by atoms with Gasteiger partial charge < -0.3 is 9.80 Å². The Kier molecular flexibility index (Phi) is 5.16. The zero-order valence-electron chi connectivity index (χ0n) is 10.6. The van der Waals surface area contributed by atoms with Crippen LogP contribution < -0.4 is 0 Å². The fraction of sp³-hybridized carbons (Fsp3) is 0.923. The third-order valence-corrected chi connectivity index (χ3v) is 4.23. The maximum absolute atomic E-state index is 11.7. The Hall–Kier alpha value is -0.220. The monoisotopic (exact) mass is 256 g/mol. The summed E-state index contributed by atoms with van der Waals surface area (Å²) in [6, 6.07) is 0. The topological polar surface area (TPSA) is 23.6 Å². The van der Waals surface area contributed by atoms with Crippen molar-refractivity contribution in [2.45, 2.75) is 32.1 Å². The third kappa shape index (κ3) is 3.88. The van der Waals surface area contributed by atoms with Crippen LogP contribution in [0.5, 0.6) is 0 Å². The van der Waals surface area contributed by atoms with Crippen molar-refractivity contribution in [2.75, 3.05) is 38.5 Å². The van der Waals surface area contributed by atoms with Crippen LogP contribution >= 0.6 is 12.6 Å². The lowest BCUT2D eigenvalue weighted by Crippen LogP contribution is -2.41. The van der Waals surface area contributed by atoms with Crippen molar-refractivity contribution in [3.05, 3.63) is 0 Å². The summed E-state index contributed by atoms with van der Waals surface area (Å²) in [7, 11) is 0. The van der Waals surface area contributed by atoms with E-state index in [1.807, 2.05) is 4.90 Å². The van der Waals surface area contributed by atoms with Crippen LogP contribution in [-0.4, -0.2) is 54.2 Å². The van der Waals surface area contributed by atoms with Gasteiger partial charge in [0.2, 0.25) is 5.91 Å². The summed E-state index contributed by atoms with van der Waals surface area (Å²) in [4.78, 5) is 16.3. The van der Waals surface area contributed by atoms with E-state index < -0.39 is 0 Å². The third-order valence-electron chi connectivity index (χ3n) is 4.01. The molecule has 2 aliphatic rings. The Bertz CT molecular complexity index is 246. The number of nitrogens with zero attached hydrogens (tertiary/aromatic N) is 2. The van der Waals surface area contributed by atoms with Crippen molar-refractivity contribution in [2.24, 2.45) is 5.92 Å². The van der Waals surface area contributed by atoms with Gasteiger partial charge in [-0.05, 0) is 50.4 Å². The number of hydrogen-bond acceptors (Lipinski definition) is 3. The van der Waals surface area contributed by atoms with Crippen LogP contribution in [-0.2, 0) is 4.79 Å². The van der Waals surface area contributed by atoms with E-state index in [9.17, 15) is 4.79 Å². The minimum Gasteiger partial charge on any atom is -0.343 e. The van der Waals surface area contributed by atoms with Crippen molar-refractivity contribution in [1.82, 2.24) is 9.80 Å². The van der Waals surface area contributed by atoms with Crippen molar-refractivity contribution in [3.63, 3.8) is 0 Å². The van der Waals surface area contributed by atoms with Crippen molar-refractivity contribution in [3.8, 4) is 0 Å². The number of rotatable bonds is 4. The molecule has 2 saturated heterocycles. The molecule has 0 unspecified atom stereocenters. The summed E-state index contributed by atoms with van der Waals surface area (Å²) < 4.78 is 0. The summed E-state index contributed by atoms with van der Waals surface area (Å²) in [5, 5.41) is 0. The van der Waals surface area contributed by atoms with Crippen molar-refractivity contribution >= 4 is 18.5 Å². The lowest BCUT2D eigenvalue weighted by atomic mass is 9.96. The first-order chi connectivity index (χ1) is 8.29. The summed E-state index contributed by atoms with van der Waals surface area (Å²) in [5.74, 6) is 1.78. The minimum atomic E-state index is 0.291. The number of thiol groups is 1. The molecule has 3 nitrogen and oxygen atoms in total. The fourth-order valence-corrected chi connectivity index (χ4v) is 3.14. The zero-order valence-corrected chi connectivity index (χ0v) is 11.5. The first-order valence-corrected chi connectivity index (χ1v) is 7.54. The van der Waals surface area contributed by atoms with Gasteiger partial charge in [0.05, 0.1) is 0 Å². The van der Waals surface area contributed by atoms with Crippen LogP contribution in [0.2, 0.25) is 0 Å². The smallest absolute Gasteiger partial charge is 0.223 e. The highest BCUT2D eigenvalue weighted by Gasteiger charge is 2.24. The van der Waals surface area contributed by atoms with Gasteiger partial charge in [-0.25, -0.2) is 0 Å². The highest BCUT2D eigenvalue weighted by atomic mass is 32.1. The van der Waals surface area contributed by atoms with Gasteiger partial charge in [0.25, 0.3) is 0 Å². The Balaban J connectivity index is 1.68. The number of amides is 1. The van der Waals surface area contributed by atoms with E-state index in [-0.39, 0.29) is 0 Å². The highest BCUT2D eigenvalue weighted by molar-refractivity contribution is 7.80. The predicted octanol–water partition coefficient (Wildman–Crippen LogP) is 1.64. The van der Waals surface area contributed by atoms with Crippen molar-refractivity contribution < 1.29 is 4.79 Å². The average molecular weight is 256 g/mol. The molecule has 0 N–H and O–H groups in total. The van der Waals surface area contributed by atoms with Gasteiger partial charge in [-0.2, -0.15) is 12.6 Å². The standard InChI is InChI=1S/C13H24N2OS/c16-13(5-10-17)15-8-3-12(4-9-15)11-14-6-1-2-7-14/h12,17H,1-11H2. The highest BCUT2D eigenvalue weighted by Crippen LogP contribution is 2.21. The second-order valence-electron chi connectivity index (χ2n) is 5.31. The van der Waals surface area contributed by atoms with Gasteiger partial charge in [0.1, 0.15) is 0 Å². The maximum Gasteiger partial charge on any atom is 0.223 e. The van der Waals surface area contributed by atoms with Crippen LogP contribution in [0.25, 0.3) is 0 Å². The first-order valence-electron chi connectivity index (χ1n) is 6.90. The van der Waals surface area contributed by atoms with E-state index in [1.54, 1.807) is 0 Å². The second kappa shape index (κ2) is 6.64.